The maximum Gasteiger partial charge on any atom is 0.416 e. The van der Waals surface area contributed by atoms with E-state index in [1.54, 1.807) is 18.5 Å². The zero-order chi connectivity index (χ0) is 19.0. The molecule has 0 saturated carbocycles. The molecule has 0 N–H and O–H groups in total. The third kappa shape index (κ3) is 3.50. The van der Waals surface area contributed by atoms with Crippen molar-refractivity contribution in [2.24, 2.45) is 4.99 Å². The van der Waals surface area contributed by atoms with Crippen LogP contribution in [-0.4, -0.2) is 26.0 Å². The van der Waals surface area contributed by atoms with Gasteiger partial charge in [0.1, 0.15) is 5.75 Å². The van der Waals surface area contributed by atoms with Gasteiger partial charge in [0.2, 0.25) is 11.2 Å². The van der Waals surface area contributed by atoms with Gasteiger partial charge in [-0.1, -0.05) is 12.1 Å². The second-order valence-electron chi connectivity index (χ2n) is 5.78. The van der Waals surface area contributed by atoms with Crippen LogP contribution in [0, 0.1) is 0 Å². The van der Waals surface area contributed by atoms with Gasteiger partial charge in [-0.3, -0.25) is 4.99 Å². The van der Waals surface area contributed by atoms with E-state index in [9.17, 15) is 13.2 Å². The van der Waals surface area contributed by atoms with Gasteiger partial charge in [0.15, 0.2) is 5.65 Å². The molecule has 1 aromatic carbocycles. The van der Waals surface area contributed by atoms with Crippen LogP contribution in [0.4, 0.5) is 13.2 Å². The summed E-state index contributed by atoms with van der Waals surface area (Å²) in [5.41, 5.74) is 0.184. The first-order valence-electron chi connectivity index (χ1n) is 7.87. The molecule has 1 aliphatic rings. The molecule has 0 fully saturated rings. The van der Waals surface area contributed by atoms with Gasteiger partial charge in [-0.05, 0) is 36.2 Å². The highest BCUT2D eigenvalue weighted by Crippen LogP contribution is 2.38. The Kier molecular flexibility index (Phi) is 4.31. The lowest BCUT2D eigenvalue weighted by molar-refractivity contribution is -0.137. The molecule has 0 saturated heterocycles. The Bertz CT molecular complexity index is 1060. The number of hydrogen-bond acceptors (Lipinski definition) is 5. The summed E-state index contributed by atoms with van der Waals surface area (Å²) in [7, 11) is 0. The fraction of sp³-hybridized carbons (Fsp3) is 0.176. The highest BCUT2D eigenvalue weighted by atomic mass is 35.5. The summed E-state index contributed by atoms with van der Waals surface area (Å²) in [4.78, 5) is 3.99. The average molecular weight is 394 g/mol. The Hall–Kier alpha value is -2.94. The molecule has 138 valence electrons. The molecule has 10 heteroatoms. The lowest BCUT2D eigenvalue weighted by atomic mass is 9.93. The van der Waals surface area contributed by atoms with Crippen LogP contribution in [0.2, 0.25) is 5.28 Å². The van der Waals surface area contributed by atoms with Crippen LogP contribution in [0.15, 0.2) is 47.6 Å². The number of hydrogen-bond donors (Lipinski definition) is 0. The fourth-order valence-electron chi connectivity index (χ4n) is 2.72. The van der Waals surface area contributed by atoms with Crippen LogP contribution in [-0.2, 0) is 6.18 Å². The van der Waals surface area contributed by atoms with E-state index < -0.39 is 11.7 Å². The monoisotopic (exact) mass is 393 g/mol. The van der Waals surface area contributed by atoms with Gasteiger partial charge in [0.05, 0.1) is 5.56 Å². The minimum atomic E-state index is -4.49. The predicted molar refractivity (Wildman–Crippen MR) is 92.3 cm³/mol. The summed E-state index contributed by atoms with van der Waals surface area (Å²) < 4.78 is 46.4. The van der Waals surface area contributed by atoms with Crippen LogP contribution in [0.25, 0.3) is 5.65 Å². The third-order valence-electron chi connectivity index (χ3n) is 4.02. The van der Waals surface area contributed by atoms with Crippen LogP contribution >= 0.6 is 11.6 Å². The summed E-state index contributed by atoms with van der Waals surface area (Å²) in [6.07, 6.45) is 1.18. The zero-order valence-corrected chi connectivity index (χ0v) is 14.3. The number of aromatic nitrogens is 4. The molecule has 3 aromatic rings. The number of fused-ring (bicyclic) bond motifs is 1. The van der Waals surface area contributed by atoms with Gasteiger partial charge in [-0.25, -0.2) is 0 Å². The summed E-state index contributed by atoms with van der Waals surface area (Å²) in [6, 6.07) is 6.46. The van der Waals surface area contributed by atoms with Crippen molar-refractivity contribution in [3.8, 4) is 11.6 Å². The maximum absolute atomic E-state index is 13.2. The SMILES string of the molecule is FC(F)(F)c1ccc(C2C=CN=CC2)c(Oc2ccc3nnc(Cl)n3n2)c1. The van der Waals surface area contributed by atoms with E-state index >= 15 is 0 Å². The smallest absolute Gasteiger partial charge is 0.416 e. The first-order chi connectivity index (χ1) is 12.9. The maximum atomic E-state index is 13.2. The van der Waals surface area contributed by atoms with E-state index in [1.807, 2.05) is 6.08 Å². The molecule has 2 aromatic heterocycles. The van der Waals surface area contributed by atoms with E-state index in [0.29, 0.717) is 17.6 Å². The summed E-state index contributed by atoms with van der Waals surface area (Å²) >= 11 is 5.88. The van der Waals surface area contributed by atoms with E-state index in [2.05, 4.69) is 20.3 Å². The molecule has 1 aliphatic heterocycles. The molecule has 27 heavy (non-hydrogen) atoms. The fourth-order valence-corrected chi connectivity index (χ4v) is 2.88. The first kappa shape index (κ1) is 17.5. The number of benzene rings is 1. The number of alkyl halides is 3. The molecule has 0 amide bonds. The standard InChI is InChI=1S/C17H11ClF3N5O/c18-16-24-23-14-3-4-15(25-26(14)16)27-13-9-11(17(19,20)21)1-2-12(13)10-5-7-22-8-6-10/h1-5,7-10H,6H2. The minimum absolute atomic E-state index is 0.0196. The van der Waals surface area contributed by atoms with Crippen molar-refractivity contribution in [3.05, 3.63) is 59.0 Å². The second-order valence-corrected chi connectivity index (χ2v) is 6.12. The zero-order valence-electron chi connectivity index (χ0n) is 13.6. The van der Waals surface area contributed by atoms with E-state index in [-0.39, 0.29) is 22.8 Å². The molecule has 0 radical (unpaired) electrons. The van der Waals surface area contributed by atoms with Crippen molar-refractivity contribution in [3.63, 3.8) is 0 Å². The van der Waals surface area contributed by atoms with E-state index in [4.69, 9.17) is 16.3 Å². The summed E-state index contributed by atoms with van der Waals surface area (Å²) in [6.45, 7) is 0. The molecule has 0 spiro atoms. The minimum Gasteiger partial charge on any atom is -0.437 e. The number of allylic oxidation sites excluding steroid dienone is 1. The molecule has 0 aliphatic carbocycles. The predicted octanol–water partition coefficient (Wildman–Crippen LogP) is 4.66. The van der Waals surface area contributed by atoms with Gasteiger partial charge in [-0.15, -0.1) is 15.3 Å². The Balaban J connectivity index is 1.76. The quantitative estimate of drug-likeness (QED) is 0.649. The molecule has 4 rings (SSSR count). The largest absolute Gasteiger partial charge is 0.437 e. The van der Waals surface area contributed by atoms with Gasteiger partial charge >= 0.3 is 6.18 Å². The normalized spacial score (nSPS) is 16.8. The molecule has 1 atom stereocenters. The van der Waals surface area contributed by atoms with Crippen LogP contribution in [0.5, 0.6) is 11.6 Å². The van der Waals surface area contributed by atoms with Gasteiger partial charge < -0.3 is 4.74 Å². The highest BCUT2D eigenvalue weighted by Gasteiger charge is 2.32. The average Bonchev–Trinajstić information content (AvgIpc) is 3.02. The molecule has 3 heterocycles. The Labute approximate surface area is 156 Å². The van der Waals surface area contributed by atoms with E-state index in [1.165, 1.54) is 16.6 Å². The van der Waals surface area contributed by atoms with Crippen LogP contribution in [0.1, 0.15) is 23.5 Å². The Morgan fingerprint density at radius 3 is 2.74 bits per heavy atom. The lowest BCUT2D eigenvalue weighted by Crippen LogP contribution is -2.08. The van der Waals surface area contributed by atoms with Crippen molar-refractivity contribution in [2.45, 2.75) is 18.5 Å². The van der Waals surface area contributed by atoms with Gasteiger partial charge in [0, 0.05) is 30.0 Å². The van der Waals surface area contributed by atoms with Crippen molar-refractivity contribution in [2.75, 3.05) is 0 Å². The lowest BCUT2D eigenvalue weighted by Gasteiger charge is -2.19. The van der Waals surface area contributed by atoms with Crippen LogP contribution in [0.3, 0.4) is 0 Å². The summed E-state index contributed by atoms with van der Waals surface area (Å²) in [5, 5.41) is 11.6. The van der Waals surface area contributed by atoms with Crippen LogP contribution < -0.4 is 4.74 Å². The van der Waals surface area contributed by atoms with Crippen molar-refractivity contribution >= 4 is 23.5 Å². The summed E-state index contributed by atoms with van der Waals surface area (Å²) in [5.74, 6) is -0.0222. The van der Waals surface area contributed by atoms with Gasteiger partial charge in [0.25, 0.3) is 0 Å². The van der Waals surface area contributed by atoms with Gasteiger partial charge in [-0.2, -0.15) is 17.7 Å². The molecular formula is C17H11ClF3N5O. The second kappa shape index (κ2) is 6.66. The number of halogens is 4. The first-order valence-corrected chi connectivity index (χ1v) is 8.25. The van der Waals surface area contributed by atoms with Crippen molar-refractivity contribution in [1.29, 1.82) is 0 Å². The molecule has 6 nitrogen and oxygen atoms in total. The Morgan fingerprint density at radius 1 is 1.15 bits per heavy atom. The van der Waals surface area contributed by atoms with Crippen molar-refractivity contribution < 1.29 is 17.9 Å². The Morgan fingerprint density at radius 2 is 2.00 bits per heavy atom. The number of aliphatic imine (C=N–C) groups is 1. The number of rotatable bonds is 3. The third-order valence-corrected chi connectivity index (χ3v) is 4.26. The number of ether oxygens (including phenoxy) is 1. The molecule has 1 unspecified atom stereocenters. The topological polar surface area (TPSA) is 64.7 Å². The number of nitrogens with zero attached hydrogens (tertiary/aromatic N) is 5. The van der Waals surface area contributed by atoms with Crippen molar-refractivity contribution in [1.82, 2.24) is 19.8 Å². The molecule has 0 bridgehead atoms. The molecular weight excluding hydrogens is 383 g/mol. The van der Waals surface area contributed by atoms with E-state index in [0.717, 1.165) is 12.1 Å². The highest BCUT2D eigenvalue weighted by molar-refractivity contribution is 6.28.